The standard InChI is InChI=1S/C10H8FN/c1-7-9(11)6-8-4-2-3-5-10(8)12-7/h2-6H,1H3. The van der Waals surface area contributed by atoms with Crippen LogP contribution in [0.15, 0.2) is 30.3 Å². The summed E-state index contributed by atoms with van der Waals surface area (Å²) in [5, 5.41) is 0.848. The molecule has 0 radical (unpaired) electrons. The molecule has 0 aliphatic heterocycles. The van der Waals surface area contributed by atoms with Gasteiger partial charge in [0.2, 0.25) is 0 Å². The summed E-state index contributed by atoms with van der Waals surface area (Å²) in [6.07, 6.45) is 0. The van der Waals surface area contributed by atoms with Gasteiger partial charge >= 0.3 is 0 Å². The summed E-state index contributed by atoms with van der Waals surface area (Å²) >= 11 is 0. The van der Waals surface area contributed by atoms with Gasteiger partial charge in [0.15, 0.2) is 0 Å². The van der Waals surface area contributed by atoms with Crippen molar-refractivity contribution in [2.24, 2.45) is 0 Å². The number of rotatable bonds is 0. The SMILES string of the molecule is Cc1nc2ccccc2cc1F. The van der Waals surface area contributed by atoms with E-state index in [1.807, 2.05) is 24.3 Å². The van der Waals surface area contributed by atoms with Gasteiger partial charge in [-0.25, -0.2) is 4.39 Å². The second-order valence-electron chi connectivity index (χ2n) is 2.75. The molecule has 1 aromatic carbocycles. The van der Waals surface area contributed by atoms with E-state index in [1.54, 1.807) is 6.92 Å². The minimum Gasteiger partial charge on any atom is -0.250 e. The van der Waals surface area contributed by atoms with Crippen molar-refractivity contribution in [3.05, 3.63) is 41.8 Å². The molecule has 0 bridgehead atoms. The Morgan fingerprint density at radius 2 is 2.00 bits per heavy atom. The molecule has 2 heteroatoms. The summed E-state index contributed by atoms with van der Waals surface area (Å²) in [4.78, 5) is 4.10. The van der Waals surface area contributed by atoms with Gasteiger partial charge in [-0.05, 0) is 19.1 Å². The molecule has 0 aliphatic rings. The van der Waals surface area contributed by atoms with Crippen molar-refractivity contribution < 1.29 is 4.39 Å². The third-order valence-corrected chi connectivity index (χ3v) is 1.85. The van der Waals surface area contributed by atoms with E-state index in [1.165, 1.54) is 6.07 Å². The van der Waals surface area contributed by atoms with Crippen molar-refractivity contribution in [1.29, 1.82) is 0 Å². The predicted molar refractivity (Wildman–Crippen MR) is 46.4 cm³/mol. The highest BCUT2D eigenvalue weighted by atomic mass is 19.1. The van der Waals surface area contributed by atoms with Crippen LogP contribution in [0, 0.1) is 12.7 Å². The van der Waals surface area contributed by atoms with Crippen molar-refractivity contribution in [2.75, 3.05) is 0 Å². The molecule has 2 rings (SSSR count). The first-order chi connectivity index (χ1) is 5.77. The predicted octanol–water partition coefficient (Wildman–Crippen LogP) is 2.68. The highest BCUT2D eigenvalue weighted by Crippen LogP contribution is 2.14. The lowest BCUT2D eigenvalue weighted by atomic mass is 10.2. The summed E-state index contributed by atoms with van der Waals surface area (Å²) in [5.41, 5.74) is 1.30. The van der Waals surface area contributed by atoms with Gasteiger partial charge in [-0.2, -0.15) is 0 Å². The molecule has 60 valence electrons. The fourth-order valence-electron chi connectivity index (χ4n) is 1.19. The Morgan fingerprint density at radius 1 is 1.25 bits per heavy atom. The fourth-order valence-corrected chi connectivity index (χ4v) is 1.19. The lowest BCUT2D eigenvalue weighted by Crippen LogP contribution is -1.88. The number of hydrogen-bond acceptors (Lipinski definition) is 1. The molecule has 0 N–H and O–H groups in total. The van der Waals surface area contributed by atoms with Gasteiger partial charge in [-0.15, -0.1) is 0 Å². The van der Waals surface area contributed by atoms with E-state index in [-0.39, 0.29) is 5.82 Å². The zero-order valence-electron chi connectivity index (χ0n) is 6.71. The molecule has 0 saturated carbocycles. The van der Waals surface area contributed by atoms with E-state index in [2.05, 4.69) is 4.98 Å². The maximum absolute atomic E-state index is 13.0. The van der Waals surface area contributed by atoms with Gasteiger partial charge in [0.05, 0.1) is 11.2 Å². The summed E-state index contributed by atoms with van der Waals surface area (Å²) in [5.74, 6) is -0.242. The van der Waals surface area contributed by atoms with Crippen LogP contribution in [0.1, 0.15) is 5.69 Å². The number of pyridine rings is 1. The Labute approximate surface area is 69.9 Å². The molecule has 0 unspecified atom stereocenters. The zero-order chi connectivity index (χ0) is 8.55. The van der Waals surface area contributed by atoms with Gasteiger partial charge in [0.25, 0.3) is 0 Å². The number of hydrogen-bond donors (Lipinski definition) is 0. The van der Waals surface area contributed by atoms with Crippen LogP contribution in [-0.2, 0) is 0 Å². The number of aryl methyl sites for hydroxylation is 1. The van der Waals surface area contributed by atoms with E-state index >= 15 is 0 Å². The number of nitrogens with zero attached hydrogens (tertiary/aromatic N) is 1. The van der Waals surface area contributed by atoms with Crippen molar-refractivity contribution in [3.8, 4) is 0 Å². The number of fused-ring (bicyclic) bond motifs is 1. The van der Waals surface area contributed by atoms with E-state index in [0.717, 1.165) is 10.9 Å². The molecular formula is C10H8FN. The van der Waals surface area contributed by atoms with Crippen LogP contribution in [0.5, 0.6) is 0 Å². The Morgan fingerprint density at radius 3 is 2.83 bits per heavy atom. The van der Waals surface area contributed by atoms with Crippen LogP contribution in [0.2, 0.25) is 0 Å². The van der Waals surface area contributed by atoms with Crippen LogP contribution in [0.3, 0.4) is 0 Å². The fraction of sp³-hybridized carbons (Fsp3) is 0.100. The first-order valence-electron chi connectivity index (χ1n) is 3.79. The average molecular weight is 161 g/mol. The van der Waals surface area contributed by atoms with E-state index in [4.69, 9.17) is 0 Å². The molecule has 2 aromatic rings. The largest absolute Gasteiger partial charge is 0.250 e. The van der Waals surface area contributed by atoms with Crippen molar-refractivity contribution in [3.63, 3.8) is 0 Å². The summed E-state index contributed by atoms with van der Waals surface area (Å²) in [7, 11) is 0. The van der Waals surface area contributed by atoms with E-state index in [9.17, 15) is 4.39 Å². The van der Waals surface area contributed by atoms with E-state index in [0.29, 0.717) is 5.69 Å². The molecule has 0 amide bonds. The Hall–Kier alpha value is -1.44. The van der Waals surface area contributed by atoms with Gasteiger partial charge in [0, 0.05) is 5.39 Å². The lowest BCUT2D eigenvalue weighted by Gasteiger charge is -1.98. The first-order valence-corrected chi connectivity index (χ1v) is 3.79. The summed E-state index contributed by atoms with van der Waals surface area (Å²) in [6, 6.07) is 9.01. The Bertz CT molecular complexity index is 383. The smallest absolute Gasteiger partial charge is 0.145 e. The van der Waals surface area contributed by atoms with Gasteiger partial charge in [-0.3, -0.25) is 4.98 Å². The maximum atomic E-state index is 13.0. The maximum Gasteiger partial charge on any atom is 0.145 e. The minimum atomic E-state index is -0.242. The molecule has 0 fully saturated rings. The second kappa shape index (κ2) is 2.55. The molecule has 1 heterocycles. The van der Waals surface area contributed by atoms with Crippen LogP contribution >= 0.6 is 0 Å². The van der Waals surface area contributed by atoms with E-state index < -0.39 is 0 Å². The number of para-hydroxylation sites is 1. The van der Waals surface area contributed by atoms with Crippen LogP contribution in [0.25, 0.3) is 10.9 Å². The molecule has 0 saturated heterocycles. The molecule has 1 nitrogen and oxygen atoms in total. The Balaban J connectivity index is 2.84. The zero-order valence-corrected chi connectivity index (χ0v) is 6.71. The molecule has 0 atom stereocenters. The monoisotopic (exact) mass is 161 g/mol. The lowest BCUT2D eigenvalue weighted by molar-refractivity contribution is 0.613. The quantitative estimate of drug-likeness (QED) is 0.578. The number of aromatic nitrogens is 1. The molecule has 12 heavy (non-hydrogen) atoms. The normalized spacial score (nSPS) is 10.5. The summed E-state index contributed by atoms with van der Waals surface area (Å²) in [6.45, 7) is 1.67. The number of halogens is 1. The highest BCUT2D eigenvalue weighted by molar-refractivity contribution is 5.78. The summed E-state index contributed by atoms with van der Waals surface area (Å²) < 4.78 is 13.0. The van der Waals surface area contributed by atoms with Crippen molar-refractivity contribution >= 4 is 10.9 Å². The molecule has 0 spiro atoms. The second-order valence-corrected chi connectivity index (χ2v) is 2.75. The first kappa shape index (κ1) is 7.22. The molecule has 1 aromatic heterocycles. The third kappa shape index (κ3) is 1.05. The van der Waals surface area contributed by atoms with Crippen molar-refractivity contribution in [2.45, 2.75) is 6.92 Å². The minimum absolute atomic E-state index is 0.242. The van der Waals surface area contributed by atoms with Gasteiger partial charge in [0.1, 0.15) is 5.82 Å². The van der Waals surface area contributed by atoms with Crippen molar-refractivity contribution in [1.82, 2.24) is 4.98 Å². The van der Waals surface area contributed by atoms with Crippen LogP contribution < -0.4 is 0 Å². The van der Waals surface area contributed by atoms with Crippen LogP contribution in [0.4, 0.5) is 4.39 Å². The molecular weight excluding hydrogens is 153 g/mol. The average Bonchev–Trinajstić information content (AvgIpc) is 2.07. The number of benzene rings is 1. The highest BCUT2D eigenvalue weighted by Gasteiger charge is 1.99. The van der Waals surface area contributed by atoms with Gasteiger partial charge < -0.3 is 0 Å². The molecule has 0 aliphatic carbocycles. The van der Waals surface area contributed by atoms with Crippen LogP contribution in [-0.4, -0.2) is 4.98 Å². The third-order valence-electron chi connectivity index (χ3n) is 1.85. The topological polar surface area (TPSA) is 12.9 Å². The Kier molecular flexibility index (Phi) is 1.54. The van der Waals surface area contributed by atoms with Gasteiger partial charge in [-0.1, -0.05) is 18.2 Å².